The topological polar surface area (TPSA) is 86.0 Å². The summed E-state index contributed by atoms with van der Waals surface area (Å²) in [6.07, 6.45) is 3.11. The number of nitrogens with one attached hydrogen (secondary N) is 1. The molecular formula is C15H15N5O2. The standard InChI is InChI=1S/C15H15N5O2/c1-21-8-7-17-14-12(9-16-10-18-14)15-19-13(20-22-15)11-5-3-2-4-6-11/h2-6,9-10H,7-8H2,1H3,(H,16,17,18). The summed E-state index contributed by atoms with van der Waals surface area (Å²) in [5, 5.41) is 7.16. The Balaban J connectivity index is 1.87. The van der Waals surface area contributed by atoms with Crippen LogP contribution < -0.4 is 5.32 Å². The van der Waals surface area contributed by atoms with E-state index in [1.165, 1.54) is 6.33 Å². The molecule has 7 nitrogen and oxygen atoms in total. The lowest BCUT2D eigenvalue weighted by molar-refractivity contribution is 0.210. The molecule has 0 atom stereocenters. The summed E-state index contributed by atoms with van der Waals surface area (Å²) in [5.74, 6) is 1.54. The minimum atomic E-state index is 0.374. The zero-order chi connectivity index (χ0) is 15.2. The van der Waals surface area contributed by atoms with Gasteiger partial charge in [-0.05, 0) is 0 Å². The molecule has 22 heavy (non-hydrogen) atoms. The van der Waals surface area contributed by atoms with Gasteiger partial charge in [0.1, 0.15) is 17.7 Å². The molecule has 3 rings (SSSR count). The molecule has 0 spiro atoms. The van der Waals surface area contributed by atoms with Gasteiger partial charge in [-0.1, -0.05) is 35.5 Å². The SMILES string of the molecule is COCCNc1ncncc1-c1nc(-c2ccccc2)no1. The lowest BCUT2D eigenvalue weighted by Crippen LogP contribution is -2.10. The fourth-order valence-corrected chi connectivity index (χ4v) is 1.94. The Kier molecular flexibility index (Phi) is 4.35. The molecule has 0 unspecified atom stereocenters. The first-order chi connectivity index (χ1) is 10.9. The van der Waals surface area contributed by atoms with E-state index in [1.807, 2.05) is 30.3 Å². The summed E-state index contributed by atoms with van der Waals surface area (Å²) < 4.78 is 10.4. The first kappa shape index (κ1) is 14.2. The molecule has 3 aromatic rings. The Morgan fingerprint density at radius 3 is 2.91 bits per heavy atom. The van der Waals surface area contributed by atoms with Crippen molar-refractivity contribution in [3.63, 3.8) is 0 Å². The molecule has 0 amide bonds. The highest BCUT2D eigenvalue weighted by Gasteiger charge is 2.15. The van der Waals surface area contributed by atoms with Crippen LogP contribution >= 0.6 is 0 Å². The van der Waals surface area contributed by atoms with Crippen LogP contribution in [0.3, 0.4) is 0 Å². The Labute approximate surface area is 127 Å². The van der Waals surface area contributed by atoms with Gasteiger partial charge < -0.3 is 14.6 Å². The van der Waals surface area contributed by atoms with Gasteiger partial charge in [0, 0.05) is 25.4 Å². The quantitative estimate of drug-likeness (QED) is 0.698. The Hall–Kier alpha value is -2.80. The largest absolute Gasteiger partial charge is 0.383 e. The van der Waals surface area contributed by atoms with Crippen LogP contribution in [-0.4, -0.2) is 40.4 Å². The van der Waals surface area contributed by atoms with Crippen LogP contribution in [0.2, 0.25) is 0 Å². The minimum absolute atomic E-state index is 0.374. The second-order valence-electron chi connectivity index (χ2n) is 4.49. The van der Waals surface area contributed by atoms with Gasteiger partial charge in [-0.25, -0.2) is 9.97 Å². The Morgan fingerprint density at radius 2 is 2.09 bits per heavy atom. The van der Waals surface area contributed by atoms with E-state index in [0.717, 1.165) is 5.56 Å². The van der Waals surface area contributed by atoms with Crippen molar-refractivity contribution >= 4 is 5.82 Å². The number of aromatic nitrogens is 4. The molecule has 0 aliphatic carbocycles. The van der Waals surface area contributed by atoms with E-state index in [0.29, 0.717) is 36.2 Å². The van der Waals surface area contributed by atoms with Crippen LogP contribution in [0, 0.1) is 0 Å². The van der Waals surface area contributed by atoms with Crippen molar-refractivity contribution in [2.24, 2.45) is 0 Å². The van der Waals surface area contributed by atoms with E-state index in [2.05, 4.69) is 25.4 Å². The molecule has 112 valence electrons. The van der Waals surface area contributed by atoms with E-state index in [1.54, 1.807) is 13.3 Å². The van der Waals surface area contributed by atoms with Gasteiger partial charge in [-0.15, -0.1) is 0 Å². The zero-order valence-corrected chi connectivity index (χ0v) is 12.1. The van der Waals surface area contributed by atoms with E-state index in [4.69, 9.17) is 9.26 Å². The summed E-state index contributed by atoms with van der Waals surface area (Å²) in [5.41, 5.74) is 1.55. The first-order valence-electron chi connectivity index (χ1n) is 6.81. The summed E-state index contributed by atoms with van der Waals surface area (Å²) in [7, 11) is 1.65. The number of rotatable bonds is 6. The molecule has 1 aromatic carbocycles. The predicted molar refractivity (Wildman–Crippen MR) is 81.1 cm³/mol. The second-order valence-corrected chi connectivity index (χ2v) is 4.49. The Morgan fingerprint density at radius 1 is 1.23 bits per heavy atom. The third-order valence-corrected chi connectivity index (χ3v) is 3.00. The fraction of sp³-hybridized carbons (Fsp3) is 0.200. The van der Waals surface area contributed by atoms with Gasteiger partial charge in [-0.2, -0.15) is 4.98 Å². The van der Waals surface area contributed by atoms with Crippen molar-refractivity contribution in [2.45, 2.75) is 0 Å². The van der Waals surface area contributed by atoms with Crippen molar-refractivity contribution in [1.82, 2.24) is 20.1 Å². The van der Waals surface area contributed by atoms with Crippen LogP contribution in [-0.2, 0) is 4.74 Å². The monoisotopic (exact) mass is 297 g/mol. The maximum Gasteiger partial charge on any atom is 0.263 e. The van der Waals surface area contributed by atoms with E-state index in [9.17, 15) is 0 Å². The van der Waals surface area contributed by atoms with Crippen LogP contribution in [0.25, 0.3) is 22.8 Å². The van der Waals surface area contributed by atoms with Gasteiger partial charge in [0.15, 0.2) is 0 Å². The lowest BCUT2D eigenvalue weighted by Gasteiger charge is -2.06. The highest BCUT2D eigenvalue weighted by atomic mass is 16.5. The first-order valence-corrected chi connectivity index (χ1v) is 6.81. The smallest absolute Gasteiger partial charge is 0.263 e. The number of anilines is 1. The number of methoxy groups -OCH3 is 1. The van der Waals surface area contributed by atoms with Crippen molar-refractivity contribution in [3.8, 4) is 22.8 Å². The normalized spacial score (nSPS) is 10.6. The van der Waals surface area contributed by atoms with Crippen molar-refractivity contribution < 1.29 is 9.26 Å². The van der Waals surface area contributed by atoms with Gasteiger partial charge in [-0.3, -0.25) is 0 Å². The molecule has 0 aliphatic rings. The molecule has 2 aromatic heterocycles. The van der Waals surface area contributed by atoms with Gasteiger partial charge in [0.25, 0.3) is 5.89 Å². The third kappa shape index (κ3) is 3.09. The van der Waals surface area contributed by atoms with Gasteiger partial charge in [0.05, 0.1) is 6.61 Å². The minimum Gasteiger partial charge on any atom is -0.383 e. The van der Waals surface area contributed by atoms with E-state index in [-0.39, 0.29) is 0 Å². The summed E-state index contributed by atoms with van der Waals surface area (Å²) in [6.45, 7) is 1.20. The number of hydrogen-bond acceptors (Lipinski definition) is 7. The summed E-state index contributed by atoms with van der Waals surface area (Å²) in [6, 6.07) is 9.64. The molecule has 1 N–H and O–H groups in total. The van der Waals surface area contributed by atoms with E-state index >= 15 is 0 Å². The van der Waals surface area contributed by atoms with Crippen molar-refractivity contribution in [2.75, 3.05) is 25.6 Å². The van der Waals surface area contributed by atoms with Gasteiger partial charge in [0.2, 0.25) is 5.82 Å². The van der Waals surface area contributed by atoms with Crippen LogP contribution in [0.5, 0.6) is 0 Å². The highest BCUT2D eigenvalue weighted by molar-refractivity contribution is 5.69. The summed E-state index contributed by atoms with van der Waals surface area (Å²) >= 11 is 0. The van der Waals surface area contributed by atoms with Crippen LogP contribution in [0.4, 0.5) is 5.82 Å². The van der Waals surface area contributed by atoms with E-state index < -0.39 is 0 Å². The van der Waals surface area contributed by atoms with Gasteiger partial charge >= 0.3 is 0 Å². The van der Waals surface area contributed by atoms with Crippen molar-refractivity contribution in [1.29, 1.82) is 0 Å². The maximum atomic E-state index is 5.34. The van der Waals surface area contributed by atoms with Crippen molar-refractivity contribution in [3.05, 3.63) is 42.9 Å². The maximum absolute atomic E-state index is 5.34. The molecule has 2 heterocycles. The molecule has 0 saturated carbocycles. The molecule has 7 heteroatoms. The van der Waals surface area contributed by atoms with Crippen LogP contribution in [0.15, 0.2) is 47.4 Å². The fourth-order valence-electron chi connectivity index (χ4n) is 1.94. The molecule has 0 bridgehead atoms. The highest BCUT2D eigenvalue weighted by Crippen LogP contribution is 2.25. The lowest BCUT2D eigenvalue weighted by atomic mass is 10.2. The molecule has 0 radical (unpaired) electrons. The Bertz CT molecular complexity index is 730. The molecule has 0 aliphatic heterocycles. The number of benzene rings is 1. The molecule has 0 saturated heterocycles. The average molecular weight is 297 g/mol. The second kappa shape index (κ2) is 6.77. The number of ether oxygens (including phenoxy) is 1. The number of hydrogen-bond donors (Lipinski definition) is 1. The zero-order valence-electron chi connectivity index (χ0n) is 12.1. The average Bonchev–Trinajstić information content (AvgIpc) is 3.06. The summed E-state index contributed by atoms with van der Waals surface area (Å²) in [4.78, 5) is 12.6. The predicted octanol–water partition coefficient (Wildman–Crippen LogP) is 2.25. The number of nitrogens with zero attached hydrogens (tertiary/aromatic N) is 4. The van der Waals surface area contributed by atoms with Crippen LogP contribution in [0.1, 0.15) is 0 Å². The third-order valence-electron chi connectivity index (χ3n) is 3.00. The molecule has 0 fully saturated rings. The molecular weight excluding hydrogens is 282 g/mol.